The van der Waals surface area contributed by atoms with Crippen LogP contribution in [0.5, 0.6) is 0 Å². The zero-order valence-corrected chi connectivity index (χ0v) is 11.4. The van der Waals surface area contributed by atoms with Gasteiger partial charge in [0.25, 0.3) is 0 Å². The number of aromatic carboxylic acids is 1. The molecule has 2 rings (SSSR count). The molecule has 1 aliphatic heterocycles. The normalized spacial score (nSPS) is 31.7. The van der Waals surface area contributed by atoms with Crippen LogP contribution in [0.3, 0.4) is 0 Å². The van der Waals surface area contributed by atoms with Crippen LogP contribution in [0.25, 0.3) is 0 Å². The number of carboxylic acid groups (broad SMARTS) is 1. The highest BCUT2D eigenvalue weighted by Gasteiger charge is 2.44. The van der Waals surface area contributed by atoms with E-state index in [2.05, 4.69) is 5.48 Å². The third-order valence-corrected chi connectivity index (χ3v) is 3.29. The Labute approximate surface area is 125 Å². The van der Waals surface area contributed by atoms with Crippen molar-refractivity contribution in [2.24, 2.45) is 0 Å². The average molecular weight is 315 g/mol. The van der Waals surface area contributed by atoms with Crippen LogP contribution >= 0.6 is 0 Å². The Bertz CT molecular complexity index is 523. The van der Waals surface area contributed by atoms with Gasteiger partial charge >= 0.3 is 5.97 Å². The molecule has 122 valence electrons. The van der Waals surface area contributed by atoms with Gasteiger partial charge in [-0.15, -0.1) is 0 Å². The molecule has 0 radical (unpaired) electrons. The molecule has 0 bridgehead atoms. The topological polar surface area (TPSA) is 149 Å². The van der Waals surface area contributed by atoms with E-state index in [1.54, 1.807) is 6.07 Å². The molecule has 1 aromatic rings. The van der Waals surface area contributed by atoms with E-state index in [1.807, 2.05) is 0 Å². The van der Waals surface area contributed by atoms with Crippen LogP contribution in [0, 0.1) is 0 Å². The number of hydrogen-bond acceptors (Lipinski definition) is 8. The minimum atomic E-state index is -1.58. The largest absolute Gasteiger partial charge is 0.478 e. The number of carbonyl (C=O) groups is 1. The van der Waals surface area contributed by atoms with E-state index < -0.39 is 43.3 Å². The number of aliphatic hydroxyl groups is 4. The van der Waals surface area contributed by atoms with Crippen molar-refractivity contribution in [2.45, 2.75) is 30.7 Å². The van der Waals surface area contributed by atoms with Crippen molar-refractivity contribution in [3.8, 4) is 0 Å². The molecule has 1 aromatic carbocycles. The minimum Gasteiger partial charge on any atom is -0.478 e. The van der Waals surface area contributed by atoms with Crippen molar-refractivity contribution in [3.05, 3.63) is 29.8 Å². The van der Waals surface area contributed by atoms with Gasteiger partial charge in [-0.05, 0) is 12.1 Å². The third-order valence-electron chi connectivity index (χ3n) is 3.29. The van der Waals surface area contributed by atoms with Gasteiger partial charge in [-0.25, -0.2) is 9.63 Å². The third kappa shape index (κ3) is 3.35. The van der Waals surface area contributed by atoms with E-state index in [0.29, 0.717) is 0 Å². The van der Waals surface area contributed by atoms with Gasteiger partial charge < -0.3 is 30.3 Å². The lowest BCUT2D eigenvalue weighted by Crippen LogP contribution is -2.59. The summed E-state index contributed by atoms with van der Waals surface area (Å²) in [5, 5.41) is 47.1. The second kappa shape index (κ2) is 7.01. The molecule has 0 amide bonds. The Morgan fingerprint density at radius 3 is 2.50 bits per heavy atom. The molecular formula is C13H17NO8. The lowest BCUT2D eigenvalue weighted by atomic mass is 9.99. The molecule has 0 saturated carbocycles. The standard InChI is InChI=1S/C13H17NO8/c15-5-8-9(16)10(17)11(18)13(21-8)22-14-7-4-2-1-3-6(7)12(19)20/h1-4,8-11,13-18H,5H2,(H,19,20)/t8-,9-,10+,11+,13?/m1/s1. The minimum absolute atomic E-state index is 0.0629. The SMILES string of the molecule is O=C(O)c1ccccc1NOC1O[C@H](CO)[C@@H](O)[C@H](O)[C@@H]1O. The van der Waals surface area contributed by atoms with Crippen molar-refractivity contribution < 1.29 is 39.9 Å². The molecule has 22 heavy (non-hydrogen) atoms. The number of benzene rings is 1. The lowest BCUT2D eigenvalue weighted by Gasteiger charge is -2.39. The quantitative estimate of drug-likeness (QED) is 0.358. The van der Waals surface area contributed by atoms with Crippen LogP contribution < -0.4 is 5.48 Å². The molecular weight excluding hydrogens is 298 g/mol. The van der Waals surface area contributed by atoms with Crippen LogP contribution in [0.1, 0.15) is 10.4 Å². The van der Waals surface area contributed by atoms with E-state index in [9.17, 15) is 20.1 Å². The number of para-hydroxylation sites is 1. The summed E-state index contributed by atoms with van der Waals surface area (Å²) in [5.41, 5.74) is 2.39. The van der Waals surface area contributed by atoms with Crippen LogP contribution in [-0.2, 0) is 9.57 Å². The number of carboxylic acids is 1. The number of ether oxygens (including phenoxy) is 1. The van der Waals surface area contributed by atoms with E-state index in [-0.39, 0.29) is 11.3 Å². The molecule has 0 aromatic heterocycles. The molecule has 1 fully saturated rings. The lowest BCUT2D eigenvalue weighted by molar-refractivity contribution is -0.294. The van der Waals surface area contributed by atoms with Gasteiger partial charge in [0, 0.05) is 0 Å². The number of hydrogen-bond donors (Lipinski definition) is 6. The smallest absolute Gasteiger partial charge is 0.337 e. The summed E-state index contributed by atoms with van der Waals surface area (Å²) in [7, 11) is 0. The molecule has 9 nitrogen and oxygen atoms in total. The number of nitrogens with one attached hydrogen (secondary N) is 1. The van der Waals surface area contributed by atoms with Crippen molar-refractivity contribution in [2.75, 3.05) is 12.1 Å². The van der Waals surface area contributed by atoms with Gasteiger partial charge in [-0.3, -0.25) is 5.48 Å². The van der Waals surface area contributed by atoms with E-state index in [1.165, 1.54) is 18.2 Å². The first kappa shape index (κ1) is 16.6. The van der Waals surface area contributed by atoms with Gasteiger partial charge in [0.15, 0.2) is 0 Å². The number of aliphatic hydroxyl groups excluding tert-OH is 4. The first-order valence-electron chi connectivity index (χ1n) is 6.50. The summed E-state index contributed by atoms with van der Waals surface area (Å²) in [6.45, 7) is -0.587. The Morgan fingerprint density at radius 2 is 1.86 bits per heavy atom. The maximum absolute atomic E-state index is 11.0. The fourth-order valence-corrected chi connectivity index (χ4v) is 2.04. The molecule has 1 heterocycles. The second-order valence-corrected chi connectivity index (χ2v) is 4.77. The highest BCUT2D eigenvalue weighted by Crippen LogP contribution is 2.23. The highest BCUT2D eigenvalue weighted by molar-refractivity contribution is 5.93. The number of rotatable bonds is 5. The van der Waals surface area contributed by atoms with Crippen molar-refractivity contribution in [3.63, 3.8) is 0 Å². The van der Waals surface area contributed by atoms with Gasteiger partial charge in [0.05, 0.1) is 17.9 Å². The fourth-order valence-electron chi connectivity index (χ4n) is 2.04. The molecule has 1 unspecified atom stereocenters. The molecule has 1 aliphatic rings. The van der Waals surface area contributed by atoms with Gasteiger partial charge in [-0.1, -0.05) is 12.1 Å². The molecule has 9 heteroatoms. The molecule has 5 atom stereocenters. The summed E-state index contributed by atoms with van der Waals surface area (Å²) < 4.78 is 5.11. The monoisotopic (exact) mass is 315 g/mol. The van der Waals surface area contributed by atoms with Gasteiger partial charge in [0.1, 0.15) is 24.4 Å². The van der Waals surface area contributed by atoms with Crippen LogP contribution in [0.15, 0.2) is 24.3 Å². The first-order chi connectivity index (χ1) is 10.5. The van der Waals surface area contributed by atoms with Crippen molar-refractivity contribution in [1.29, 1.82) is 0 Å². The van der Waals surface area contributed by atoms with Gasteiger partial charge in [-0.2, -0.15) is 0 Å². The summed E-state index contributed by atoms with van der Waals surface area (Å²) in [6, 6.07) is 5.89. The molecule has 0 spiro atoms. The summed E-state index contributed by atoms with van der Waals surface area (Å²) in [4.78, 5) is 16.1. The maximum atomic E-state index is 11.0. The first-order valence-corrected chi connectivity index (χ1v) is 6.50. The van der Waals surface area contributed by atoms with Crippen LogP contribution in [0.4, 0.5) is 5.69 Å². The van der Waals surface area contributed by atoms with Gasteiger partial charge in [0.2, 0.25) is 6.29 Å². The molecule has 6 N–H and O–H groups in total. The number of anilines is 1. The Hall–Kier alpha value is -1.75. The predicted molar refractivity (Wildman–Crippen MR) is 71.9 cm³/mol. The second-order valence-electron chi connectivity index (χ2n) is 4.77. The predicted octanol–water partition coefficient (Wildman–Crippen LogP) is -1.47. The summed E-state index contributed by atoms with van der Waals surface area (Å²) in [5.74, 6) is -1.18. The van der Waals surface area contributed by atoms with Crippen LogP contribution in [-0.4, -0.2) is 68.8 Å². The highest BCUT2D eigenvalue weighted by atomic mass is 16.8. The van der Waals surface area contributed by atoms with Crippen LogP contribution in [0.2, 0.25) is 0 Å². The van der Waals surface area contributed by atoms with Crippen molar-refractivity contribution >= 4 is 11.7 Å². The zero-order valence-electron chi connectivity index (χ0n) is 11.4. The van der Waals surface area contributed by atoms with E-state index >= 15 is 0 Å². The summed E-state index contributed by atoms with van der Waals surface area (Å²) >= 11 is 0. The summed E-state index contributed by atoms with van der Waals surface area (Å²) in [6.07, 6.45) is -7.17. The zero-order chi connectivity index (χ0) is 16.3. The maximum Gasteiger partial charge on any atom is 0.337 e. The Balaban J connectivity index is 2.06. The molecule has 0 aliphatic carbocycles. The molecule has 1 saturated heterocycles. The Morgan fingerprint density at radius 1 is 1.18 bits per heavy atom. The van der Waals surface area contributed by atoms with E-state index in [4.69, 9.17) is 19.8 Å². The average Bonchev–Trinajstić information content (AvgIpc) is 2.52. The fraction of sp³-hybridized carbons (Fsp3) is 0.462. The Kier molecular flexibility index (Phi) is 5.29. The van der Waals surface area contributed by atoms with E-state index in [0.717, 1.165) is 0 Å². The van der Waals surface area contributed by atoms with Crippen molar-refractivity contribution in [1.82, 2.24) is 0 Å².